The summed E-state index contributed by atoms with van der Waals surface area (Å²) in [6.45, 7) is 2.17. The van der Waals surface area contributed by atoms with Gasteiger partial charge in [0.25, 0.3) is 0 Å². The number of carbonyl (C=O) groups excluding carboxylic acids is 1. The van der Waals surface area contributed by atoms with Crippen LogP contribution in [0.1, 0.15) is 29.3 Å². The first-order chi connectivity index (χ1) is 14.7. The Kier molecular flexibility index (Phi) is 5.66. The highest BCUT2D eigenvalue weighted by atomic mass is 16.5. The number of hydrogen-bond donors (Lipinski definition) is 1. The van der Waals surface area contributed by atoms with Crippen molar-refractivity contribution in [3.05, 3.63) is 78.1 Å². The van der Waals surface area contributed by atoms with Crippen molar-refractivity contribution in [3.8, 4) is 11.3 Å². The minimum Gasteiger partial charge on any atom is -0.465 e. The lowest BCUT2D eigenvalue weighted by Crippen LogP contribution is -2.02. The lowest BCUT2D eigenvalue weighted by Gasteiger charge is -2.12. The number of carbonyl (C=O) groups is 1. The molecule has 0 aliphatic rings. The monoisotopic (exact) mass is 398 g/mol. The fraction of sp³-hybridized carbons (Fsp3) is 0.167. The third kappa shape index (κ3) is 3.98. The van der Waals surface area contributed by atoms with Crippen LogP contribution in [0.15, 0.2) is 67.0 Å². The van der Waals surface area contributed by atoms with Gasteiger partial charge in [0.2, 0.25) is 0 Å². The molecule has 0 atom stereocenters. The predicted octanol–water partition coefficient (Wildman–Crippen LogP) is 5.17. The Bertz CT molecular complexity index is 1190. The summed E-state index contributed by atoms with van der Waals surface area (Å²) >= 11 is 0. The van der Waals surface area contributed by atoms with Gasteiger partial charge in [-0.15, -0.1) is 10.2 Å². The molecule has 0 saturated carbocycles. The number of aryl methyl sites for hydroxylation is 1. The van der Waals surface area contributed by atoms with Crippen LogP contribution in [0, 0.1) is 0 Å². The summed E-state index contributed by atoms with van der Waals surface area (Å²) in [6, 6.07) is 17.4. The molecule has 0 bridgehead atoms. The van der Waals surface area contributed by atoms with Gasteiger partial charge < -0.3 is 10.1 Å². The van der Waals surface area contributed by atoms with Crippen LogP contribution in [-0.4, -0.2) is 28.3 Å². The van der Waals surface area contributed by atoms with Gasteiger partial charge in [0.1, 0.15) is 5.69 Å². The molecule has 4 rings (SSSR count). The van der Waals surface area contributed by atoms with Gasteiger partial charge in [0.15, 0.2) is 5.82 Å². The zero-order valence-corrected chi connectivity index (χ0v) is 16.9. The van der Waals surface area contributed by atoms with Crippen LogP contribution in [0.5, 0.6) is 0 Å². The van der Waals surface area contributed by atoms with Crippen molar-refractivity contribution in [1.82, 2.24) is 15.2 Å². The maximum atomic E-state index is 11.7. The Morgan fingerprint density at radius 2 is 1.87 bits per heavy atom. The van der Waals surface area contributed by atoms with E-state index in [9.17, 15) is 4.79 Å². The molecule has 4 aromatic rings. The standard InChI is InChI=1S/C24H22N4O2/c1-3-5-16-6-4-7-19(14-16)26-23-21-15-25-13-12-20(21)22(27-28-23)17-8-10-18(11-9-17)24(29)30-2/h4,6-15H,3,5H2,1-2H3,(H,26,28). The van der Waals surface area contributed by atoms with E-state index in [1.54, 1.807) is 24.5 Å². The van der Waals surface area contributed by atoms with Gasteiger partial charge >= 0.3 is 5.97 Å². The summed E-state index contributed by atoms with van der Waals surface area (Å²) in [5.41, 5.74) is 4.33. The summed E-state index contributed by atoms with van der Waals surface area (Å²) in [7, 11) is 1.37. The number of fused-ring (bicyclic) bond motifs is 1. The summed E-state index contributed by atoms with van der Waals surface area (Å²) in [5, 5.41) is 14.1. The first-order valence-corrected chi connectivity index (χ1v) is 9.84. The number of anilines is 2. The summed E-state index contributed by atoms with van der Waals surface area (Å²) in [4.78, 5) is 16.0. The highest BCUT2D eigenvalue weighted by Crippen LogP contribution is 2.31. The third-order valence-electron chi connectivity index (χ3n) is 4.89. The molecule has 0 unspecified atom stereocenters. The van der Waals surface area contributed by atoms with E-state index in [2.05, 4.69) is 39.6 Å². The van der Waals surface area contributed by atoms with Crippen molar-refractivity contribution in [2.75, 3.05) is 12.4 Å². The summed E-state index contributed by atoms with van der Waals surface area (Å²) in [5.74, 6) is 0.285. The molecule has 0 saturated heterocycles. The minimum atomic E-state index is -0.369. The molecule has 0 radical (unpaired) electrons. The molecule has 0 fully saturated rings. The van der Waals surface area contributed by atoms with Gasteiger partial charge in [0.05, 0.1) is 12.7 Å². The SMILES string of the molecule is CCCc1cccc(Nc2nnc(-c3ccc(C(=O)OC)cc3)c3ccncc23)c1. The number of benzene rings is 2. The normalized spacial score (nSPS) is 10.7. The number of nitrogens with zero attached hydrogens (tertiary/aromatic N) is 3. The van der Waals surface area contributed by atoms with E-state index in [4.69, 9.17) is 4.74 Å². The van der Waals surface area contributed by atoms with Gasteiger partial charge in [-0.2, -0.15) is 0 Å². The second-order valence-electron chi connectivity index (χ2n) is 6.96. The molecule has 0 spiro atoms. The molecule has 0 aliphatic heterocycles. The maximum absolute atomic E-state index is 11.7. The lowest BCUT2D eigenvalue weighted by molar-refractivity contribution is 0.0601. The second-order valence-corrected chi connectivity index (χ2v) is 6.96. The average Bonchev–Trinajstić information content (AvgIpc) is 2.79. The Morgan fingerprint density at radius 1 is 1.03 bits per heavy atom. The molecule has 150 valence electrons. The first kappa shape index (κ1) is 19.5. The largest absolute Gasteiger partial charge is 0.465 e. The highest BCUT2D eigenvalue weighted by molar-refractivity contribution is 6.00. The van der Waals surface area contributed by atoms with Crippen LogP contribution < -0.4 is 5.32 Å². The van der Waals surface area contributed by atoms with Gasteiger partial charge in [-0.05, 0) is 42.3 Å². The molecular weight excluding hydrogens is 376 g/mol. The zero-order valence-electron chi connectivity index (χ0n) is 16.9. The number of esters is 1. The van der Waals surface area contributed by atoms with E-state index < -0.39 is 0 Å². The van der Waals surface area contributed by atoms with Crippen molar-refractivity contribution >= 4 is 28.2 Å². The van der Waals surface area contributed by atoms with Crippen LogP contribution in [0.2, 0.25) is 0 Å². The number of aromatic nitrogens is 3. The fourth-order valence-electron chi connectivity index (χ4n) is 3.41. The molecule has 2 heterocycles. The number of methoxy groups -OCH3 is 1. The molecule has 6 nitrogen and oxygen atoms in total. The predicted molar refractivity (Wildman–Crippen MR) is 118 cm³/mol. The number of ether oxygens (including phenoxy) is 1. The molecular formula is C24H22N4O2. The number of pyridine rings is 1. The van der Waals surface area contributed by atoms with Crippen LogP contribution in [0.4, 0.5) is 11.5 Å². The van der Waals surface area contributed by atoms with Crippen molar-refractivity contribution in [2.24, 2.45) is 0 Å². The fourth-order valence-corrected chi connectivity index (χ4v) is 3.41. The van der Waals surface area contributed by atoms with Gasteiger partial charge in [-0.25, -0.2) is 4.79 Å². The smallest absolute Gasteiger partial charge is 0.337 e. The quantitative estimate of drug-likeness (QED) is 0.451. The number of nitrogens with one attached hydrogen (secondary N) is 1. The van der Waals surface area contributed by atoms with E-state index in [1.807, 2.05) is 30.3 Å². The van der Waals surface area contributed by atoms with E-state index in [0.29, 0.717) is 11.4 Å². The second kappa shape index (κ2) is 8.69. The van der Waals surface area contributed by atoms with Gasteiger partial charge in [-0.3, -0.25) is 4.98 Å². The third-order valence-corrected chi connectivity index (χ3v) is 4.89. The van der Waals surface area contributed by atoms with Crippen molar-refractivity contribution < 1.29 is 9.53 Å². The summed E-state index contributed by atoms with van der Waals surface area (Å²) in [6.07, 6.45) is 5.65. The molecule has 0 aliphatic carbocycles. The maximum Gasteiger partial charge on any atom is 0.337 e. The molecule has 2 aromatic carbocycles. The molecule has 6 heteroatoms. The first-order valence-electron chi connectivity index (χ1n) is 9.84. The Hall–Kier alpha value is -3.80. The molecule has 0 amide bonds. The molecule has 1 N–H and O–H groups in total. The van der Waals surface area contributed by atoms with Gasteiger partial charge in [-0.1, -0.05) is 37.6 Å². The van der Waals surface area contributed by atoms with Crippen LogP contribution >= 0.6 is 0 Å². The topological polar surface area (TPSA) is 77.0 Å². The number of rotatable bonds is 6. The van der Waals surface area contributed by atoms with Crippen LogP contribution in [0.3, 0.4) is 0 Å². The highest BCUT2D eigenvalue weighted by Gasteiger charge is 2.13. The lowest BCUT2D eigenvalue weighted by atomic mass is 10.0. The average molecular weight is 398 g/mol. The van der Waals surface area contributed by atoms with Crippen LogP contribution in [0.25, 0.3) is 22.0 Å². The minimum absolute atomic E-state index is 0.369. The van der Waals surface area contributed by atoms with E-state index >= 15 is 0 Å². The molecule has 30 heavy (non-hydrogen) atoms. The van der Waals surface area contributed by atoms with E-state index in [-0.39, 0.29) is 5.97 Å². The molecule has 2 aromatic heterocycles. The van der Waals surface area contributed by atoms with Crippen molar-refractivity contribution in [1.29, 1.82) is 0 Å². The Balaban J connectivity index is 1.72. The van der Waals surface area contributed by atoms with E-state index in [0.717, 1.165) is 40.6 Å². The summed E-state index contributed by atoms with van der Waals surface area (Å²) < 4.78 is 4.76. The number of hydrogen-bond acceptors (Lipinski definition) is 6. The van der Waals surface area contributed by atoms with Crippen LogP contribution in [-0.2, 0) is 11.2 Å². The zero-order chi connectivity index (χ0) is 20.9. The van der Waals surface area contributed by atoms with Gasteiger partial charge in [0, 0.05) is 34.4 Å². The van der Waals surface area contributed by atoms with Crippen molar-refractivity contribution in [2.45, 2.75) is 19.8 Å². The Labute approximate surface area is 175 Å². The Morgan fingerprint density at radius 3 is 2.63 bits per heavy atom. The van der Waals surface area contributed by atoms with E-state index in [1.165, 1.54) is 12.7 Å². The van der Waals surface area contributed by atoms with Crippen molar-refractivity contribution in [3.63, 3.8) is 0 Å².